The highest BCUT2D eigenvalue weighted by atomic mass is 14.7. The molecule has 1 aromatic heterocycles. The first-order valence-corrected chi connectivity index (χ1v) is 19.4. The maximum absolute atomic E-state index is 4.80. The van der Waals surface area contributed by atoms with E-state index < -0.39 is 0 Å². The Labute approximate surface area is 305 Å². The largest absolute Gasteiger partial charge is 0.256 e. The monoisotopic (exact) mass is 665 g/mol. The summed E-state index contributed by atoms with van der Waals surface area (Å²) in [4.78, 5) is 4.80. The Bertz CT molecular complexity index is 2720. The van der Waals surface area contributed by atoms with Crippen LogP contribution in [0.1, 0.15) is 43.2 Å². The van der Waals surface area contributed by atoms with Gasteiger partial charge in [-0.2, -0.15) is 0 Å². The number of rotatable bonds is 3. The molecule has 0 N–H and O–H groups in total. The Morgan fingerprint density at radius 3 is 1.85 bits per heavy atom. The number of nitrogens with zero attached hydrogens (tertiary/aromatic N) is 1. The Morgan fingerprint density at radius 2 is 1.06 bits per heavy atom. The fourth-order valence-electron chi connectivity index (χ4n) is 12.2. The molecular formula is C51H39N. The van der Waals surface area contributed by atoms with Crippen molar-refractivity contribution in [1.29, 1.82) is 0 Å². The van der Waals surface area contributed by atoms with Crippen LogP contribution < -0.4 is 0 Å². The molecule has 1 heterocycles. The zero-order valence-corrected chi connectivity index (χ0v) is 29.2. The Kier molecular flexibility index (Phi) is 6.01. The van der Waals surface area contributed by atoms with Crippen LogP contribution in [0.4, 0.5) is 0 Å². The highest BCUT2D eigenvalue weighted by molar-refractivity contribution is 6.12. The maximum Gasteiger partial charge on any atom is 0.0780 e. The van der Waals surface area contributed by atoms with Gasteiger partial charge in [-0.05, 0) is 140 Å². The van der Waals surface area contributed by atoms with Gasteiger partial charge in [-0.1, -0.05) is 133 Å². The van der Waals surface area contributed by atoms with Gasteiger partial charge in [-0.3, -0.25) is 4.98 Å². The second-order valence-electron chi connectivity index (χ2n) is 16.3. The van der Waals surface area contributed by atoms with Gasteiger partial charge in [0.15, 0.2) is 0 Å². The second-order valence-corrected chi connectivity index (χ2v) is 16.3. The molecule has 13 rings (SSSR count). The lowest BCUT2D eigenvalue weighted by atomic mass is 9.43. The summed E-state index contributed by atoms with van der Waals surface area (Å²) in [5.41, 5.74) is 15.0. The van der Waals surface area contributed by atoms with E-state index in [0.717, 1.165) is 17.4 Å². The third-order valence-corrected chi connectivity index (χ3v) is 13.9. The first kappa shape index (κ1) is 29.1. The van der Waals surface area contributed by atoms with E-state index in [-0.39, 0.29) is 5.41 Å². The van der Waals surface area contributed by atoms with Gasteiger partial charge in [0.25, 0.3) is 0 Å². The highest BCUT2D eigenvalue weighted by Gasteiger charge is 2.62. The van der Waals surface area contributed by atoms with Crippen molar-refractivity contribution in [1.82, 2.24) is 4.98 Å². The molecule has 0 saturated heterocycles. The summed E-state index contributed by atoms with van der Waals surface area (Å²) in [6.07, 6.45) is 8.91. The van der Waals surface area contributed by atoms with E-state index in [1.165, 1.54) is 104 Å². The van der Waals surface area contributed by atoms with E-state index in [1.54, 1.807) is 11.1 Å². The fourth-order valence-corrected chi connectivity index (χ4v) is 12.2. The molecule has 8 aromatic rings. The molecule has 4 fully saturated rings. The average Bonchev–Trinajstić information content (AvgIpc) is 3.50. The quantitative estimate of drug-likeness (QED) is 0.183. The predicted octanol–water partition coefficient (Wildman–Crippen LogP) is 13.3. The number of benzene rings is 7. The summed E-state index contributed by atoms with van der Waals surface area (Å²) in [6, 6.07) is 55.0. The Morgan fingerprint density at radius 1 is 0.442 bits per heavy atom. The van der Waals surface area contributed by atoms with E-state index in [4.69, 9.17) is 4.98 Å². The number of aromatic nitrogens is 1. The standard InChI is InChI=1S/C51H39N/c1-2-13-40-33(9-1)22-23-45-48-43-16-6-5-15-42(43)46(30-47(48)51(49(40)45)37-26-31-25-32(28-37)29-38(51)27-31)35-20-18-34(19-21-35)39-12-3-4-14-41(39)44-17-7-10-36-11-8-24-52-50(36)44/h1-24,30-32,37-38H,25-29H2. The van der Waals surface area contributed by atoms with Crippen molar-refractivity contribution in [2.45, 2.75) is 37.5 Å². The fraction of sp³-hybridized carbons (Fsp3) is 0.196. The lowest BCUT2D eigenvalue weighted by molar-refractivity contribution is -0.0393. The van der Waals surface area contributed by atoms with Gasteiger partial charge in [0.2, 0.25) is 0 Å². The minimum absolute atomic E-state index is 0.0864. The molecule has 248 valence electrons. The molecule has 1 heteroatoms. The van der Waals surface area contributed by atoms with E-state index >= 15 is 0 Å². The number of hydrogen-bond donors (Lipinski definition) is 0. The van der Waals surface area contributed by atoms with Gasteiger partial charge in [0, 0.05) is 22.6 Å². The molecule has 4 saturated carbocycles. The van der Waals surface area contributed by atoms with Crippen molar-refractivity contribution in [3.05, 3.63) is 163 Å². The first-order valence-electron chi connectivity index (χ1n) is 19.4. The van der Waals surface area contributed by atoms with Crippen molar-refractivity contribution in [2.24, 2.45) is 23.7 Å². The summed E-state index contributed by atoms with van der Waals surface area (Å²) >= 11 is 0. The molecular weight excluding hydrogens is 627 g/mol. The molecule has 0 atom stereocenters. The van der Waals surface area contributed by atoms with Crippen LogP contribution in [-0.4, -0.2) is 4.98 Å². The molecule has 4 bridgehead atoms. The van der Waals surface area contributed by atoms with Crippen LogP contribution in [0.15, 0.2) is 152 Å². The van der Waals surface area contributed by atoms with E-state index in [0.29, 0.717) is 11.8 Å². The molecule has 0 amide bonds. The second kappa shape index (κ2) is 10.7. The average molecular weight is 666 g/mol. The van der Waals surface area contributed by atoms with Gasteiger partial charge in [-0.25, -0.2) is 0 Å². The minimum atomic E-state index is 0.0864. The Balaban J connectivity index is 1.06. The van der Waals surface area contributed by atoms with Crippen molar-refractivity contribution < 1.29 is 0 Å². The van der Waals surface area contributed by atoms with Gasteiger partial charge >= 0.3 is 0 Å². The third kappa shape index (κ3) is 3.86. The van der Waals surface area contributed by atoms with Crippen LogP contribution in [-0.2, 0) is 5.41 Å². The molecule has 5 aliphatic carbocycles. The predicted molar refractivity (Wildman–Crippen MR) is 216 cm³/mol. The van der Waals surface area contributed by atoms with Crippen molar-refractivity contribution in [3.8, 4) is 44.5 Å². The normalized spacial score (nSPS) is 23.8. The molecule has 0 unspecified atom stereocenters. The summed E-state index contributed by atoms with van der Waals surface area (Å²) in [6.45, 7) is 0. The summed E-state index contributed by atoms with van der Waals surface area (Å²) in [5.74, 6) is 3.25. The van der Waals surface area contributed by atoms with Crippen LogP contribution in [0.3, 0.4) is 0 Å². The zero-order chi connectivity index (χ0) is 34.0. The van der Waals surface area contributed by atoms with Crippen LogP contribution in [0.5, 0.6) is 0 Å². The van der Waals surface area contributed by atoms with Crippen molar-refractivity contribution >= 4 is 32.4 Å². The maximum atomic E-state index is 4.80. The molecule has 5 aliphatic rings. The van der Waals surface area contributed by atoms with E-state index in [1.807, 2.05) is 12.3 Å². The summed E-state index contributed by atoms with van der Waals surface area (Å²) in [7, 11) is 0. The topological polar surface area (TPSA) is 12.9 Å². The lowest BCUT2D eigenvalue weighted by Gasteiger charge is -2.61. The van der Waals surface area contributed by atoms with E-state index in [9.17, 15) is 0 Å². The molecule has 52 heavy (non-hydrogen) atoms. The lowest BCUT2D eigenvalue weighted by Crippen LogP contribution is -2.55. The van der Waals surface area contributed by atoms with Gasteiger partial charge in [0.05, 0.1) is 5.52 Å². The smallest absolute Gasteiger partial charge is 0.0780 e. The molecule has 1 spiro atoms. The number of hydrogen-bond acceptors (Lipinski definition) is 1. The van der Waals surface area contributed by atoms with Crippen molar-refractivity contribution in [2.75, 3.05) is 0 Å². The highest BCUT2D eigenvalue weighted by Crippen LogP contribution is 2.71. The van der Waals surface area contributed by atoms with E-state index in [2.05, 4.69) is 140 Å². The van der Waals surface area contributed by atoms with Gasteiger partial charge in [0.1, 0.15) is 0 Å². The first-order chi connectivity index (χ1) is 25.8. The van der Waals surface area contributed by atoms with Crippen LogP contribution in [0.25, 0.3) is 77.0 Å². The number of fused-ring (bicyclic) bond motifs is 8. The SMILES string of the molecule is c1ccc(-c2cccc3cccnc23)c(-c2ccc(-c3cc4c(c5ccccc35)-c3ccc5ccccc5c3C43C4CC5CC(C4)CC3C5)cc2)c1. The number of pyridine rings is 1. The molecule has 0 radical (unpaired) electrons. The summed E-state index contributed by atoms with van der Waals surface area (Å²) < 4.78 is 0. The minimum Gasteiger partial charge on any atom is -0.256 e. The van der Waals surface area contributed by atoms with Gasteiger partial charge in [-0.15, -0.1) is 0 Å². The van der Waals surface area contributed by atoms with Crippen molar-refractivity contribution in [3.63, 3.8) is 0 Å². The molecule has 0 aliphatic heterocycles. The number of para-hydroxylation sites is 1. The summed E-state index contributed by atoms with van der Waals surface area (Å²) in [5, 5.41) is 6.81. The van der Waals surface area contributed by atoms with Crippen LogP contribution in [0.2, 0.25) is 0 Å². The molecule has 1 nitrogen and oxygen atoms in total. The van der Waals surface area contributed by atoms with Crippen LogP contribution >= 0.6 is 0 Å². The third-order valence-electron chi connectivity index (χ3n) is 13.9. The van der Waals surface area contributed by atoms with Crippen LogP contribution in [0, 0.1) is 23.7 Å². The van der Waals surface area contributed by atoms with Gasteiger partial charge < -0.3 is 0 Å². The Hall–Kier alpha value is -5.53. The molecule has 7 aromatic carbocycles. The zero-order valence-electron chi connectivity index (χ0n) is 29.2.